The fourth-order valence-electron chi connectivity index (χ4n) is 8.12. The molecule has 2 N–H and O–H groups in total. The van der Waals surface area contributed by atoms with Crippen molar-refractivity contribution in [1.29, 1.82) is 0 Å². The van der Waals surface area contributed by atoms with Crippen LogP contribution in [0.3, 0.4) is 0 Å². The fraction of sp³-hybridized carbons (Fsp3) is 0.955. The largest absolute Gasteiger partial charge is 0.396 e. The average molecular weight is 349 g/mol. The van der Waals surface area contributed by atoms with Crippen molar-refractivity contribution in [3.05, 3.63) is 0 Å². The van der Waals surface area contributed by atoms with Crippen LogP contribution in [0.2, 0.25) is 0 Å². The number of aliphatic hydroxyl groups excluding tert-OH is 2. The van der Waals surface area contributed by atoms with Crippen LogP contribution >= 0.6 is 0 Å². The van der Waals surface area contributed by atoms with Crippen molar-refractivity contribution < 1.29 is 15.0 Å². The average Bonchev–Trinajstić information content (AvgIpc) is 2.93. The minimum absolute atomic E-state index is 0.234. The lowest BCUT2D eigenvalue weighted by Crippen LogP contribution is -2.58. The Morgan fingerprint density at radius 3 is 2.56 bits per heavy atom. The zero-order valence-electron chi connectivity index (χ0n) is 16.2. The topological polar surface area (TPSA) is 57.5 Å². The van der Waals surface area contributed by atoms with Crippen molar-refractivity contribution in [2.24, 2.45) is 46.3 Å². The Kier molecular flexibility index (Phi) is 4.35. The molecular formula is C22H36O3. The first-order valence-corrected chi connectivity index (χ1v) is 10.6. The lowest BCUT2D eigenvalue weighted by Gasteiger charge is -2.61. The number of aliphatic hydroxyl groups is 2. The summed E-state index contributed by atoms with van der Waals surface area (Å²) in [6.07, 6.45) is 7.92. The van der Waals surface area contributed by atoms with E-state index >= 15 is 0 Å². The van der Waals surface area contributed by atoms with E-state index in [-0.39, 0.29) is 23.5 Å². The van der Waals surface area contributed by atoms with Gasteiger partial charge in [-0.25, -0.2) is 0 Å². The molecule has 0 aliphatic heterocycles. The predicted octanol–water partition coefficient (Wildman–Crippen LogP) is 3.81. The number of ketones is 1. The molecule has 4 rings (SSSR count). The summed E-state index contributed by atoms with van der Waals surface area (Å²) in [5, 5.41) is 20.9. The summed E-state index contributed by atoms with van der Waals surface area (Å²) >= 11 is 0. The molecule has 5 unspecified atom stereocenters. The van der Waals surface area contributed by atoms with Gasteiger partial charge in [0.25, 0.3) is 0 Å². The number of Topliss-reactive ketones (excluding diaryl/α,β-unsaturated/α-hetero) is 1. The normalized spacial score (nSPS) is 53.7. The van der Waals surface area contributed by atoms with Crippen LogP contribution in [-0.4, -0.2) is 28.7 Å². The maximum absolute atomic E-state index is 12.0. The number of carbonyl (C=O) groups is 1. The van der Waals surface area contributed by atoms with Gasteiger partial charge >= 0.3 is 0 Å². The second-order valence-electron chi connectivity index (χ2n) is 10.4. The maximum atomic E-state index is 12.0. The molecule has 3 heteroatoms. The van der Waals surface area contributed by atoms with E-state index in [0.717, 1.165) is 19.3 Å². The van der Waals surface area contributed by atoms with Gasteiger partial charge in [-0.15, -0.1) is 0 Å². The van der Waals surface area contributed by atoms with Crippen molar-refractivity contribution in [3.8, 4) is 0 Å². The fourth-order valence-corrected chi connectivity index (χ4v) is 8.12. The van der Waals surface area contributed by atoms with Crippen LogP contribution in [-0.2, 0) is 4.79 Å². The second-order valence-corrected chi connectivity index (χ2v) is 10.4. The van der Waals surface area contributed by atoms with Gasteiger partial charge < -0.3 is 10.2 Å². The standard InChI is InChI=1S/C22H36O3/c1-13(12-23)16-4-5-17-20-18(7-9-22(16,17)3)21(2)8-6-15(24)10-14(21)11-19(20)25/h13-14,16-20,23,25H,4-12H2,1-3H3/t13?,14-,16-,17?,18?,19?,20?,21+,22-/m1/s1. The molecule has 4 fully saturated rings. The molecule has 25 heavy (non-hydrogen) atoms. The molecule has 0 radical (unpaired) electrons. The highest BCUT2D eigenvalue weighted by molar-refractivity contribution is 5.79. The van der Waals surface area contributed by atoms with Crippen molar-refractivity contribution in [2.75, 3.05) is 6.61 Å². The molecule has 9 atom stereocenters. The third-order valence-corrected chi connectivity index (χ3v) is 9.55. The van der Waals surface area contributed by atoms with Gasteiger partial charge in [0.1, 0.15) is 5.78 Å². The summed E-state index contributed by atoms with van der Waals surface area (Å²) in [4.78, 5) is 12.0. The third kappa shape index (κ3) is 2.48. The molecule has 4 saturated carbocycles. The summed E-state index contributed by atoms with van der Waals surface area (Å²) in [5.41, 5.74) is 0.526. The minimum atomic E-state index is -0.234. The number of carbonyl (C=O) groups excluding carboxylic acids is 1. The molecule has 0 aromatic heterocycles. The third-order valence-electron chi connectivity index (χ3n) is 9.55. The Labute approximate surface area is 152 Å². The molecule has 0 spiro atoms. The van der Waals surface area contributed by atoms with Gasteiger partial charge in [-0.1, -0.05) is 20.8 Å². The highest BCUT2D eigenvalue weighted by atomic mass is 16.3. The van der Waals surface area contributed by atoms with Crippen molar-refractivity contribution >= 4 is 5.78 Å². The Hall–Kier alpha value is -0.410. The summed E-state index contributed by atoms with van der Waals surface area (Å²) in [5.74, 6) is 3.33. The highest BCUT2D eigenvalue weighted by Crippen LogP contribution is 2.67. The molecule has 0 heterocycles. The monoisotopic (exact) mass is 348 g/mol. The molecule has 3 nitrogen and oxygen atoms in total. The van der Waals surface area contributed by atoms with Crippen LogP contribution < -0.4 is 0 Å². The quantitative estimate of drug-likeness (QED) is 0.798. The van der Waals surface area contributed by atoms with E-state index in [4.69, 9.17) is 0 Å². The van der Waals surface area contributed by atoms with Crippen LogP contribution in [0.25, 0.3) is 0 Å². The first kappa shape index (κ1) is 18.0. The van der Waals surface area contributed by atoms with Crippen LogP contribution in [0, 0.1) is 46.3 Å². The van der Waals surface area contributed by atoms with Crippen LogP contribution in [0.5, 0.6) is 0 Å². The van der Waals surface area contributed by atoms with Gasteiger partial charge in [0.2, 0.25) is 0 Å². The smallest absolute Gasteiger partial charge is 0.133 e. The summed E-state index contributed by atoms with van der Waals surface area (Å²) in [6, 6.07) is 0. The molecule has 142 valence electrons. The minimum Gasteiger partial charge on any atom is -0.396 e. The van der Waals surface area contributed by atoms with E-state index in [2.05, 4.69) is 20.8 Å². The van der Waals surface area contributed by atoms with Gasteiger partial charge in [-0.05, 0) is 84.9 Å². The molecule has 0 aromatic rings. The van der Waals surface area contributed by atoms with Crippen LogP contribution in [0.4, 0.5) is 0 Å². The summed E-state index contributed by atoms with van der Waals surface area (Å²) < 4.78 is 0. The molecule has 0 amide bonds. The van der Waals surface area contributed by atoms with Gasteiger partial charge in [0, 0.05) is 19.4 Å². The zero-order chi connectivity index (χ0) is 18.0. The summed E-state index contributed by atoms with van der Waals surface area (Å²) in [6.45, 7) is 7.36. The molecule has 0 saturated heterocycles. The van der Waals surface area contributed by atoms with Crippen molar-refractivity contribution in [1.82, 2.24) is 0 Å². The first-order chi connectivity index (χ1) is 11.8. The van der Waals surface area contributed by atoms with E-state index in [1.54, 1.807) is 0 Å². The Balaban J connectivity index is 1.64. The van der Waals surface area contributed by atoms with Gasteiger partial charge in [-0.2, -0.15) is 0 Å². The predicted molar refractivity (Wildman–Crippen MR) is 97.9 cm³/mol. The van der Waals surface area contributed by atoms with Gasteiger partial charge in [-0.3, -0.25) is 4.79 Å². The molecule has 0 bridgehead atoms. The molecule has 0 aromatic carbocycles. The Bertz CT molecular complexity index is 545. The second kappa shape index (κ2) is 6.05. The molecular weight excluding hydrogens is 312 g/mol. The van der Waals surface area contributed by atoms with Gasteiger partial charge in [0.15, 0.2) is 0 Å². The lowest BCUT2D eigenvalue weighted by atomic mass is 9.44. The number of fused-ring (bicyclic) bond motifs is 5. The molecule has 4 aliphatic carbocycles. The van der Waals surface area contributed by atoms with E-state index in [1.807, 2.05) is 0 Å². The van der Waals surface area contributed by atoms with Crippen LogP contribution in [0.15, 0.2) is 0 Å². The van der Waals surface area contributed by atoms with Crippen LogP contribution in [0.1, 0.15) is 72.1 Å². The zero-order valence-corrected chi connectivity index (χ0v) is 16.2. The number of rotatable bonds is 2. The van der Waals surface area contributed by atoms with E-state index in [9.17, 15) is 15.0 Å². The molecule has 4 aliphatic rings. The SMILES string of the molecule is CC(CO)[C@H]1CCC2C3C(O)C[C@H]4CC(=O)CC[C@]4(C)C3CC[C@@]21C. The lowest BCUT2D eigenvalue weighted by molar-refractivity contribution is -0.169. The number of hydrogen-bond donors (Lipinski definition) is 2. The van der Waals surface area contributed by atoms with Crippen molar-refractivity contribution in [2.45, 2.75) is 78.2 Å². The van der Waals surface area contributed by atoms with E-state index in [0.29, 0.717) is 47.7 Å². The maximum Gasteiger partial charge on any atom is 0.133 e. The highest BCUT2D eigenvalue weighted by Gasteiger charge is 2.62. The summed E-state index contributed by atoms with van der Waals surface area (Å²) in [7, 11) is 0. The Morgan fingerprint density at radius 1 is 1.12 bits per heavy atom. The Morgan fingerprint density at radius 2 is 1.84 bits per heavy atom. The van der Waals surface area contributed by atoms with Crippen molar-refractivity contribution in [3.63, 3.8) is 0 Å². The van der Waals surface area contributed by atoms with E-state index in [1.165, 1.54) is 25.7 Å². The van der Waals surface area contributed by atoms with Gasteiger partial charge in [0.05, 0.1) is 6.10 Å². The van der Waals surface area contributed by atoms with E-state index < -0.39 is 0 Å². The first-order valence-electron chi connectivity index (χ1n) is 10.6. The number of hydrogen-bond acceptors (Lipinski definition) is 3.